The van der Waals surface area contributed by atoms with Crippen LogP contribution in [-0.2, 0) is 22.4 Å². The molecule has 1 saturated heterocycles. The molecular weight excluding hydrogens is 430 g/mol. The molecule has 1 aromatic heterocycles. The number of anilines is 2. The van der Waals surface area contributed by atoms with Crippen LogP contribution in [0.5, 0.6) is 0 Å². The maximum absolute atomic E-state index is 13.1. The van der Waals surface area contributed by atoms with Gasteiger partial charge in [-0.3, -0.25) is 9.59 Å². The van der Waals surface area contributed by atoms with E-state index in [-0.39, 0.29) is 11.8 Å². The van der Waals surface area contributed by atoms with Gasteiger partial charge in [0.1, 0.15) is 11.1 Å². The molecule has 6 nitrogen and oxygen atoms in total. The summed E-state index contributed by atoms with van der Waals surface area (Å²) in [6.07, 6.45) is 4.27. The lowest BCUT2D eigenvalue weighted by Crippen LogP contribution is -2.45. The number of ether oxygens (including phenoxy) is 1. The Kier molecular flexibility index (Phi) is 6.46. The second kappa shape index (κ2) is 9.06. The number of hydrogen-bond acceptors (Lipinski definition) is 6. The molecule has 0 radical (unpaired) electrons. The third-order valence-corrected chi connectivity index (χ3v) is 7.37. The number of morpholine rings is 1. The van der Waals surface area contributed by atoms with Crippen LogP contribution in [0.4, 0.5) is 10.7 Å². The summed E-state index contributed by atoms with van der Waals surface area (Å²) in [5.41, 5.74) is 2.29. The van der Waals surface area contributed by atoms with Crippen LogP contribution >= 0.6 is 34.9 Å². The second-order valence-corrected chi connectivity index (χ2v) is 9.36. The Labute approximate surface area is 183 Å². The van der Waals surface area contributed by atoms with Crippen molar-refractivity contribution in [2.75, 3.05) is 36.6 Å². The van der Waals surface area contributed by atoms with Gasteiger partial charge in [0.05, 0.1) is 12.2 Å². The average molecular weight is 452 g/mol. The van der Waals surface area contributed by atoms with E-state index in [2.05, 4.69) is 14.9 Å². The van der Waals surface area contributed by atoms with Crippen molar-refractivity contribution in [3.05, 3.63) is 45.3 Å². The standard InChI is InChI=1S/C20H22ClN3O3S2/c1-28-24-9-10-27-15(11-24)18(25)23-20-17(14-3-2-4-16(14)29-20)19(26)22-13-7-5-12(21)6-8-13/h5-8,15H,2-4,9-11H2,1H3,(H,22,26)(H,23,25). The van der Waals surface area contributed by atoms with Crippen molar-refractivity contribution in [2.24, 2.45) is 0 Å². The molecule has 2 heterocycles. The van der Waals surface area contributed by atoms with Crippen LogP contribution < -0.4 is 10.6 Å². The molecule has 1 fully saturated rings. The van der Waals surface area contributed by atoms with Crippen LogP contribution in [0.2, 0.25) is 5.02 Å². The zero-order valence-electron chi connectivity index (χ0n) is 16.0. The number of nitrogens with zero attached hydrogens (tertiary/aromatic N) is 1. The Morgan fingerprint density at radius 2 is 2.03 bits per heavy atom. The highest BCUT2D eigenvalue weighted by atomic mass is 35.5. The molecule has 0 saturated carbocycles. The minimum atomic E-state index is -0.541. The molecule has 0 spiro atoms. The molecule has 1 atom stereocenters. The summed E-state index contributed by atoms with van der Waals surface area (Å²) in [5, 5.41) is 7.11. The number of benzene rings is 1. The Balaban J connectivity index is 1.54. The SMILES string of the molecule is CSN1CCOC(C(=O)Nc2sc3c(c2C(=O)Nc2ccc(Cl)cc2)CCC3)C1. The number of fused-ring (bicyclic) bond motifs is 1. The maximum Gasteiger partial charge on any atom is 0.258 e. The largest absolute Gasteiger partial charge is 0.366 e. The Bertz CT molecular complexity index is 916. The molecule has 1 aliphatic carbocycles. The molecule has 2 aromatic rings. The van der Waals surface area contributed by atoms with E-state index >= 15 is 0 Å². The summed E-state index contributed by atoms with van der Waals surface area (Å²) in [7, 11) is 0. The third kappa shape index (κ3) is 4.62. The number of carbonyl (C=O) groups is 2. The van der Waals surface area contributed by atoms with Crippen LogP contribution in [-0.4, -0.2) is 48.2 Å². The molecule has 4 rings (SSSR count). The fourth-order valence-electron chi connectivity index (χ4n) is 3.60. The van der Waals surface area contributed by atoms with E-state index in [1.54, 1.807) is 36.2 Å². The van der Waals surface area contributed by atoms with E-state index in [4.69, 9.17) is 16.3 Å². The topological polar surface area (TPSA) is 70.7 Å². The fourth-order valence-corrected chi connectivity index (χ4v) is 5.56. The lowest BCUT2D eigenvalue weighted by atomic mass is 10.1. The Morgan fingerprint density at radius 1 is 1.24 bits per heavy atom. The molecule has 29 heavy (non-hydrogen) atoms. The van der Waals surface area contributed by atoms with Crippen molar-refractivity contribution in [1.29, 1.82) is 0 Å². The summed E-state index contributed by atoms with van der Waals surface area (Å²) in [6.45, 7) is 1.85. The van der Waals surface area contributed by atoms with Crippen LogP contribution in [0.3, 0.4) is 0 Å². The zero-order valence-corrected chi connectivity index (χ0v) is 18.4. The van der Waals surface area contributed by atoms with E-state index in [0.717, 1.165) is 31.4 Å². The molecule has 9 heteroatoms. The number of amides is 2. The van der Waals surface area contributed by atoms with Crippen molar-refractivity contribution >= 4 is 57.4 Å². The molecule has 1 unspecified atom stereocenters. The molecule has 154 valence electrons. The summed E-state index contributed by atoms with van der Waals surface area (Å²) in [4.78, 5) is 27.1. The van der Waals surface area contributed by atoms with Crippen molar-refractivity contribution in [3.63, 3.8) is 0 Å². The van der Waals surface area contributed by atoms with Gasteiger partial charge in [0, 0.05) is 28.7 Å². The molecule has 1 aromatic carbocycles. The maximum atomic E-state index is 13.1. The predicted molar refractivity (Wildman–Crippen MR) is 119 cm³/mol. The van der Waals surface area contributed by atoms with Crippen molar-refractivity contribution in [3.8, 4) is 0 Å². The highest BCUT2D eigenvalue weighted by Crippen LogP contribution is 2.39. The monoisotopic (exact) mass is 451 g/mol. The van der Waals surface area contributed by atoms with Gasteiger partial charge in [0.15, 0.2) is 0 Å². The van der Waals surface area contributed by atoms with Gasteiger partial charge in [-0.25, -0.2) is 4.31 Å². The van der Waals surface area contributed by atoms with Gasteiger partial charge in [0.2, 0.25) is 0 Å². The van der Waals surface area contributed by atoms with Gasteiger partial charge in [-0.1, -0.05) is 23.5 Å². The quantitative estimate of drug-likeness (QED) is 0.671. The average Bonchev–Trinajstić information content (AvgIpc) is 3.30. The molecule has 2 N–H and O–H groups in total. The molecular formula is C20H22ClN3O3S2. The number of rotatable bonds is 5. The first kappa shape index (κ1) is 20.7. The second-order valence-electron chi connectivity index (χ2n) is 6.94. The number of halogens is 1. The van der Waals surface area contributed by atoms with Gasteiger partial charge in [0.25, 0.3) is 11.8 Å². The molecule has 1 aliphatic heterocycles. The molecule has 2 amide bonds. The van der Waals surface area contributed by atoms with E-state index in [0.29, 0.717) is 34.4 Å². The minimum absolute atomic E-state index is 0.204. The van der Waals surface area contributed by atoms with Crippen LogP contribution in [0, 0.1) is 0 Å². The van der Waals surface area contributed by atoms with Crippen molar-refractivity contribution < 1.29 is 14.3 Å². The van der Waals surface area contributed by atoms with Crippen LogP contribution in [0.25, 0.3) is 0 Å². The zero-order chi connectivity index (χ0) is 20.4. The Hall–Kier alpha value is -1.58. The molecule has 2 aliphatic rings. The number of hydrogen-bond donors (Lipinski definition) is 2. The third-order valence-electron chi connectivity index (χ3n) is 5.07. The lowest BCUT2D eigenvalue weighted by Gasteiger charge is -2.30. The van der Waals surface area contributed by atoms with E-state index in [1.165, 1.54) is 16.2 Å². The van der Waals surface area contributed by atoms with E-state index in [9.17, 15) is 9.59 Å². The van der Waals surface area contributed by atoms with Gasteiger partial charge in [-0.15, -0.1) is 11.3 Å². The van der Waals surface area contributed by atoms with E-state index < -0.39 is 6.10 Å². The summed E-state index contributed by atoms with van der Waals surface area (Å²) < 4.78 is 7.76. The highest BCUT2D eigenvalue weighted by molar-refractivity contribution is 7.96. The van der Waals surface area contributed by atoms with Crippen LogP contribution in [0.1, 0.15) is 27.2 Å². The van der Waals surface area contributed by atoms with Gasteiger partial charge >= 0.3 is 0 Å². The highest BCUT2D eigenvalue weighted by Gasteiger charge is 2.31. The number of thiophene rings is 1. The Morgan fingerprint density at radius 3 is 2.79 bits per heavy atom. The van der Waals surface area contributed by atoms with Crippen molar-refractivity contribution in [1.82, 2.24) is 4.31 Å². The van der Waals surface area contributed by atoms with Crippen LogP contribution in [0.15, 0.2) is 24.3 Å². The normalized spacial score (nSPS) is 19.0. The fraction of sp³-hybridized carbons (Fsp3) is 0.400. The summed E-state index contributed by atoms with van der Waals surface area (Å²) in [5.74, 6) is -0.415. The summed E-state index contributed by atoms with van der Waals surface area (Å²) >= 11 is 9.03. The van der Waals surface area contributed by atoms with E-state index in [1.807, 2.05) is 6.26 Å². The first-order chi connectivity index (χ1) is 14.0. The van der Waals surface area contributed by atoms with Gasteiger partial charge < -0.3 is 15.4 Å². The van der Waals surface area contributed by atoms with Gasteiger partial charge in [-0.2, -0.15) is 0 Å². The summed E-state index contributed by atoms with van der Waals surface area (Å²) in [6, 6.07) is 6.99. The first-order valence-electron chi connectivity index (χ1n) is 9.48. The smallest absolute Gasteiger partial charge is 0.258 e. The first-order valence-corrected chi connectivity index (χ1v) is 11.9. The minimum Gasteiger partial charge on any atom is -0.366 e. The van der Waals surface area contributed by atoms with Gasteiger partial charge in [-0.05, 0) is 55.3 Å². The molecule has 0 bridgehead atoms. The van der Waals surface area contributed by atoms with Crippen molar-refractivity contribution in [2.45, 2.75) is 25.4 Å². The number of carbonyl (C=O) groups excluding carboxylic acids is 2. The number of aryl methyl sites for hydroxylation is 1. The predicted octanol–water partition coefficient (Wildman–Crippen LogP) is 4.06. The lowest BCUT2D eigenvalue weighted by molar-refractivity contribution is -0.130. The number of nitrogens with one attached hydrogen (secondary N) is 2.